The Morgan fingerprint density at radius 1 is 1.42 bits per heavy atom. The van der Waals surface area contributed by atoms with E-state index >= 15 is 0 Å². The first kappa shape index (κ1) is 14.5. The number of thioether (sulfide) groups is 1. The number of aryl methyl sites for hydroxylation is 1. The van der Waals surface area contributed by atoms with E-state index in [4.69, 9.17) is 4.42 Å². The maximum absolute atomic E-state index is 12.7. The number of benzene rings is 1. The fourth-order valence-electron chi connectivity index (χ4n) is 4.16. The number of carbonyl (C=O) groups excluding carboxylic acids is 1. The van der Waals surface area contributed by atoms with Crippen LogP contribution in [0.2, 0.25) is 0 Å². The van der Waals surface area contributed by atoms with Crippen molar-refractivity contribution in [2.24, 2.45) is 5.92 Å². The van der Waals surface area contributed by atoms with Crippen LogP contribution in [-0.2, 0) is 6.42 Å². The lowest BCUT2D eigenvalue weighted by Crippen LogP contribution is -2.35. The second-order valence-electron chi connectivity index (χ2n) is 6.83. The van der Waals surface area contributed by atoms with E-state index < -0.39 is 0 Å². The lowest BCUT2D eigenvalue weighted by atomic mass is 9.72. The van der Waals surface area contributed by atoms with E-state index in [0.29, 0.717) is 23.6 Å². The summed E-state index contributed by atoms with van der Waals surface area (Å²) in [7, 11) is 0. The van der Waals surface area contributed by atoms with Crippen LogP contribution in [0.3, 0.4) is 0 Å². The molecule has 1 aromatic carbocycles. The van der Waals surface area contributed by atoms with Crippen molar-refractivity contribution < 1.29 is 9.21 Å². The van der Waals surface area contributed by atoms with E-state index in [1.165, 1.54) is 35.4 Å². The van der Waals surface area contributed by atoms with E-state index in [2.05, 4.69) is 27.8 Å². The number of aromatic nitrogens is 1. The molecule has 1 aromatic heterocycles. The topological polar surface area (TPSA) is 67.2 Å². The molecule has 3 fully saturated rings. The molecule has 6 heteroatoms. The highest BCUT2D eigenvalue weighted by atomic mass is 32.2. The van der Waals surface area contributed by atoms with Crippen LogP contribution in [0.4, 0.5) is 5.69 Å². The Labute approximate surface area is 144 Å². The van der Waals surface area contributed by atoms with Crippen LogP contribution in [0.1, 0.15) is 40.6 Å². The van der Waals surface area contributed by atoms with Crippen molar-refractivity contribution in [3.63, 3.8) is 0 Å². The van der Waals surface area contributed by atoms with E-state index in [1.807, 2.05) is 17.8 Å². The number of carbonyl (C=O) groups is 1. The Morgan fingerprint density at radius 3 is 3.21 bits per heavy atom. The molecule has 3 aliphatic heterocycles. The molecule has 0 radical (unpaired) electrons. The molecule has 124 valence electrons. The molecule has 1 amide bonds. The zero-order valence-electron chi connectivity index (χ0n) is 13.2. The van der Waals surface area contributed by atoms with Gasteiger partial charge in [-0.1, -0.05) is 0 Å². The molecule has 2 aromatic rings. The number of rotatable bonds is 3. The van der Waals surface area contributed by atoms with Gasteiger partial charge < -0.3 is 15.1 Å². The molecule has 1 saturated carbocycles. The predicted molar refractivity (Wildman–Crippen MR) is 92.6 cm³/mol. The van der Waals surface area contributed by atoms with Gasteiger partial charge in [-0.15, -0.1) is 11.8 Å². The summed E-state index contributed by atoms with van der Waals surface area (Å²) >= 11 is 1.89. The molecule has 1 aliphatic carbocycles. The van der Waals surface area contributed by atoms with Crippen LogP contribution in [0.25, 0.3) is 0 Å². The van der Waals surface area contributed by atoms with Crippen LogP contribution in [-0.4, -0.2) is 29.2 Å². The summed E-state index contributed by atoms with van der Waals surface area (Å²) in [6.07, 6.45) is 4.85. The molecule has 4 heterocycles. The van der Waals surface area contributed by atoms with Gasteiger partial charge in [0.15, 0.2) is 12.1 Å². The Hall–Kier alpha value is -1.79. The van der Waals surface area contributed by atoms with Crippen LogP contribution in [0.15, 0.2) is 33.9 Å². The molecule has 2 N–H and O–H groups in total. The normalized spacial score (nSPS) is 27.4. The molecule has 2 saturated heterocycles. The summed E-state index contributed by atoms with van der Waals surface area (Å²) in [6, 6.07) is 6.61. The zero-order valence-corrected chi connectivity index (χ0v) is 14.1. The standard InChI is InChI=1S/C18H19N3O2S/c22-18(21-12-3-4-14-10(6-12)2-1-5-24-14)16-17(23-9-20-16)15-11-7-13(15)19-8-11/h3-4,6,9,11,13,15,19H,1-2,5,7-8H2,(H,21,22). The number of amides is 1. The van der Waals surface area contributed by atoms with Gasteiger partial charge in [-0.2, -0.15) is 0 Å². The fraction of sp³-hybridized carbons (Fsp3) is 0.444. The van der Waals surface area contributed by atoms with Gasteiger partial charge in [0, 0.05) is 22.5 Å². The third-order valence-corrected chi connectivity index (χ3v) is 6.62. The van der Waals surface area contributed by atoms with Crippen molar-refractivity contribution in [1.82, 2.24) is 10.3 Å². The van der Waals surface area contributed by atoms with E-state index in [9.17, 15) is 4.79 Å². The Kier molecular flexibility index (Phi) is 3.41. The number of nitrogens with one attached hydrogen (secondary N) is 2. The number of fused-ring (bicyclic) bond motifs is 2. The molecule has 24 heavy (non-hydrogen) atoms. The Balaban J connectivity index is 1.37. The van der Waals surface area contributed by atoms with Gasteiger partial charge in [-0.05, 0) is 61.2 Å². The van der Waals surface area contributed by atoms with Gasteiger partial charge in [-0.3, -0.25) is 4.79 Å². The molecule has 3 unspecified atom stereocenters. The molecular weight excluding hydrogens is 322 g/mol. The molecule has 5 nitrogen and oxygen atoms in total. The zero-order chi connectivity index (χ0) is 16.1. The molecule has 6 rings (SSSR count). The first-order valence-electron chi connectivity index (χ1n) is 8.53. The summed E-state index contributed by atoms with van der Waals surface area (Å²) < 4.78 is 5.58. The lowest BCUT2D eigenvalue weighted by molar-refractivity contribution is 0.101. The average Bonchev–Trinajstić information content (AvgIpc) is 3.31. The molecular formula is C18H19N3O2S. The van der Waals surface area contributed by atoms with Crippen molar-refractivity contribution >= 4 is 23.4 Å². The summed E-state index contributed by atoms with van der Waals surface area (Å²) in [4.78, 5) is 18.2. The molecule has 4 aliphatic rings. The predicted octanol–water partition coefficient (Wildman–Crippen LogP) is 3.04. The first-order chi connectivity index (χ1) is 11.8. The average molecular weight is 341 g/mol. The third kappa shape index (κ3) is 2.28. The van der Waals surface area contributed by atoms with Crippen molar-refractivity contribution in [1.29, 1.82) is 0 Å². The lowest BCUT2D eigenvalue weighted by Gasteiger charge is -2.32. The summed E-state index contributed by atoms with van der Waals surface area (Å²) in [5.74, 6) is 2.63. The highest BCUT2D eigenvalue weighted by molar-refractivity contribution is 7.99. The summed E-state index contributed by atoms with van der Waals surface area (Å²) in [5.41, 5.74) is 2.60. The van der Waals surface area contributed by atoms with E-state index in [1.54, 1.807) is 0 Å². The minimum atomic E-state index is -0.173. The minimum absolute atomic E-state index is 0.173. The third-order valence-electron chi connectivity index (χ3n) is 5.42. The van der Waals surface area contributed by atoms with E-state index in [-0.39, 0.29) is 5.91 Å². The maximum Gasteiger partial charge on any atom is 0.277 e. The van der Waals surface area contributed by atoms with Crippen molar-refractivity contribution in [2.45, 2.75) is 36.1 Å². The fourth-order valence-corrected chi connectivity index (χ4v) is 5.18. The smallest absolute Gasteiger partial charge is 0.277 e. The van der Waals surface area contributed by atoms with Crippen molar-refractivity contribution in [3.8, 4) is 0 Å². The van der Waals surface area contributed by atoms with Crippen molar-refractivity contribution in [3.05, 3.63) is 41.6 Å². The number of anilines is 1. The first-order valence-corrected chi connectivity index (χ1v) is 9.52. The number of hydrogen-bond acceptors (Lipinski definition) is 5. The minimum Gasteiger partial charge on any atom is -0.447 e. The van der Waals surface area contributed by atoms with Crippen LogP contribution in [0, 0.1) is 5.92 Å². The summed E-state index contributed by atoms with van der Waals surface area (Å²) in [5, 5.41) is 6.46. The van der Waals surface area contributed by atoms with Gasteiger partial charge in [0.05, 0.1) is 0 Å². The van der Waals surface area contributed by atoms with Gasteiger partial charge in [0.1, 0.15) is 5.76 Å². The Bertz CT molecular complexity index is 789. The van der Waals surface area contributed by atoms with Gasteiger partial charge in [0.25, 0.3) is 5.91 Å². The molecule has 2 bridgehead atoms. The number of oxazole rings is 1. The molecule has 3 atom stereocenters. The SMILES string of the molecule is O=C(Nc1ccc2c(c1)CCCS2)c1ncoc1C1C2CNC1C2. The van der Waals surface area contributed by atoms with Crippen LogP contribution in [0.5, 0.6) is 0 Å². The highest BCUT2D eigenvalue weighted by Gasteiger charge is 2.50. The van der Waals surface area contributed by atoms with Gasteiger partial charge in [-0.25, -0.2) is 4.98 Å². The number of nitrogens with zero attached hydrogens (tertiary/aromatic N) is 1. The van der Waals surface area contributed by atoms with Gasteiger partial charge >= 0.3 is 0 Å². The highest BCUT2D eigenvalue weighted by Crippen LogP contribution is 2.48. The van der Waals surface area contributed by atoms with Crippen LogP contribution >= 0.6 is 11.8 Å². The van der Waals surface area contributed by atoms with Gasteiger partial charge in [0.2, 0.25) is 0 Å². The quantitative estimate of drug-likeness (QED) is 0.898. The Morgan fingerprint density at radius 2 is 2.38 bits per heavy atom. The second kappa shape index (κ2) is 5.63. The largest absolute Gasteiger partial charge is 0.447 e. The number of hydrogen-bond donors (Lipinski definition) is 2. The second-order valence-corrected chi connectivity index (χ2v) is 7.97. The summed E-state index contributed by atoms with van der Waals surface area (Å²) in [6.45, 7) is 1.01. The maximum atomic E-state index is 12.7. The molecule has 0 spiro atoms. The van der Waals surface area contributed by atoms with Crippen LogP contribution < -0.4 is 10.6 Å². The monoisotopic (exact) mass is 341 g/mol. The van der Waals surface area contributed by atoms with Crippen molar-refractivity contribution in [2.75, 3.05) is 17.6 Å². The van der Waals surface area contributed by atoms with E-state index in [0.717, 1.165) is 24.4 Å².